The lowest BCUT2D eigenvalue weighted by Gasteiger charge is -2.31. The lowest BCUT2D eigenvalue weighted by molar-refractivity contribution is -0.129. The molecule has 50 heavy (non-hydrogen) atoms. The van der Waals surface area contributed by atoms with E-state index in [1.54, 1.807) is 12.1 Å². The van der Waals surface area contributed by atoms with Crippen LogP contribution in [0.5, 0.6) is 11.5 Å². The van der Waals surface area contributed by atoms with Gasteiger partial charge < -0.3 is 19.3 Å². The molecule has 1 heterocycles. The van der Waals surface area contributed by atoms with Crippen LogP contribution in [0.2, 0.25) is 0 Å². The van der Waals surface area contributed by atoms with Gasteiger partial charge in [-0.15, -0.1) is 0 Å². The molecule has 5 rings (SSSR count). The van der Waals surface area contributed by atoms with Gasteiger partial charge in [-0.05, 0) is 71.5 Å². The fraction of sp³-hybridized carbons (Fsp3) is 0.282. The Hall–Kier alpha value is -5.61. The van der Waals surface area contributed by atoms with Crippen LogP contribution >= 0.6 is 0 Å². The lowest BCUT2D eigenvalue weighted by Crippen LogP contribution is -2.53. The fourth-order valence-corrected chi connectivity index (χ4v) is 5.73. The van der Waals surface area contributed by atoms with E-state index in [9.17, 15) is 4.79 Å². The number of hydrogen-bond acceptors (Lipinski definition) is 8. The number of carbonyl (C=O) groups excluding carboxylic acids is 1. The molecule has 0 aliphatic carbocycles. The second-order valence-electron chi connectivity index (χ2n) is 11.6. The molecule has 0 saturated carbocycles. The van der Waals surface area contributed by atoms with Gasteiger partial charge >= 0.3 is 0 Å². The molecule has 11 nitrogen and oxygen atoms in total. The van der Waals surface area contributed by atoms with Crippen molar-refractivity contribution in [2.75, 3.05) is 26.4 Å². The zero-order valence-electron chi connectivity index (χ0n) is 28.1. The Labute approximate surface area is 292 Å². The van der Waals surface area contributed by atoms with E-state index >= 15 is 0 Å². The number of hydrazine groups is 1. The highest BCUT2D eigenvalue weighted by Gasteiger charge is 2.53. The number of azide groups is 1. The zero-order chi connectivity index (χ0) is 35.0. The van der Waals surface area contributed by atoms with Crippen molar-refractivity contribution in [3.05, 3.63) is 147 Å². The average molecular weight is 675 g/mol. The summed E-state index contributed by atoms with van der Waals surface area (Å²) in [7, 11) is 0. The van der Waals surface area contributed by atoms with Crippen LogP contribution in [0.1, 0.15) is 53.7 Å². The predicted octanol–water partition coefficient (Wildman–Crippen LogP) is 6.88. The van der Waals surface area contributed by atoms with Gasteiger partial charge in [0, 0.05) is 36.5 Å². The van der Waals surface area contributed by atoms with E-state index in [4.69, 9.17) is 29.8 Å². The van der Waals surface area contributed by atoms with Crippen molar-refractivity contribution in [1.82, 2.24) is 10.9 Å². The van der Waals surface area contributed by atoms with Crippen LogP contribution in [0.3, 0.4) is 0 Å². The molecule has 1 aliphatic heterocycles. The molecule has 4 aromatic carbocycles. The monoisotopic (exact) mass is 674 g/mol. The van der Waals surface area contributed by atoms with Gasteiger partial charge in [-0.1, -0.05) is 90.1 Å². The van der Waals surface area contributed by atoms with E-state index in [0.29, 0.717) is 55.4 Å². The highest BCUT2D eigenvalue weighted by atomic mass is 16.5. The van der Waals surface area contributed by atoms with Crippen LogP contribution in [0.25, 0.3) is 16.5 Å². The topological polar surface area (TPSA) is 150 Å². The molecular formula is C39H42N6O5. The van der Waals surface area contributed by atoms with Crippen molar-refractivity contribution >= 4 is 17.9 Å². The number of aliphatic hydroxyl groups excluding tert-OH is 1. The second kappa shape index (κ2) is 18.2. The highest BCUT2D eigenvalue weighted by Crippen LogP contribution is 2.44. The third kappa shape index (κ3) is 9.09. The number of hydrogen-bond donors (Lipinski definition) is 3. The molecule has 4 aromatic rings. The summed E-state index contributed by atoms with van der Waals surface area (Å²) in [4.78, 5) is 22.6. The van der Waals surface area contributed by atoms with E-state index in [-0.39, 0.29) is 25.5 Å². The van der Waals surface area contributed by atoms with Crippen molar-refractivity contribution in [3.8, 4) is 11.5 Å². The summed E-state index contributed by atoms with van der Waals surface area (Å²) in [5, 5.41) is 12.9. The van der Waals surface area contributed by atoms with Crippen molar-refractivity contribution in [2.45, 2.75) is 44.4 Å². The third-order valence-electron chi connectivity index (χ3n) is 8.20. The quantitative estimate of drug-likeness (QED) is 0.0344. The number of aliphatic imine (C=N–C) groups is 1. The van der Waals surface area contributed by atoms with E-state index in [1.807, 2.05) is 110 Å². The molecule has 0 radical (unpaired) electrons. The molecule has 1 amide bonds. The highest BCUT2D eigenvalue weighted by molar-refractivity contribution is 6.01. The fourth-order valence-electron chi connectivity index (χ4n) is 5.73. The number of para-hydroxylation sites is 1. The van der Waals surface area contributed by atoms with Gasteiger partial charge in [-0.25, -0.2) is 10.4 Å². The SMILES string of the molecule is CCOc1ccccc1CCNNC(=O)[C@@]1(C/C=C/c2ccccc2)N=C(c2ccc(OCCCO)cc2)O[C@H]1c1ccccc1CN=[N+]=[N-]. The number of ether oxygens (including phenoxy) is 3. The number of nitrogens with one attached hydrogen (secondary N) is 2. The van der Waals surface area contributed by atoms with Crippen molar-refractivity contribution in [2.24, 2.45) is 10.1 Å². The summed E-state index contributed by atoms with van der Waals surface area (Å²) in [5.74, 6) is 1.37. The molecule has 0 bridgehead atoms. The van der Waals surface area contributed by atoms with E-state index in [2.05, 4.69) is 20.9 Å². The minimum absolute atomic E-state index is 0.0452. The molecule has 2 atom stereocenters. The van der Waals surface area contributed by atoms with Crippen LogP contribution < -0.4 is 20.3 Å². The summed E-state index contributed by atoms with van der Waals surface area (Å²) in [5.41, 5.74) is 17.8. The molecule has 258 valence electrons. The molecule has 3 N–H and O–H groups in total. The van der Waals surface area contributed by atoms with Crippen molar-refractivity contribution in [1.29, 1.82) is 0 Å². The first-order valence-corrected chi connectivity index (χ1v) is 16.7. The smallest absolute Gasteiger partial charge is 0.266 e. The Kier molecular flexibility index (Phi) is 13.0. The number of rotatable bonds is 18. The van der Waals surface area contributed by atoms with Crippen LogP contribution in [-0.4, -0.2) is 48.8 Å². The van der Waals surface area contributed by atoms with Crippen molar-refractivity contribution < 1.29 is 24.1 Å². The summed E-state index contributed by atoms with van der Waals surface area (Å²) >= 11 is 0. The number of nitrogens with zero attached hydrogens (tertiary/aromatic N) is 4. The van der Waals surface area contributed by atoms with Gasteiger partial charge in [0.1, 0.15) is 11.5 Å². The molecule has 0 fully saturated rings. The summed E-state index contributed by atoms with van der Waals surface area (Å²) < 4.78 is 18.1. The Bertz CT molecular complexity index is 1810. The first-order chi connectivity index (χ1) is 24.6. The summed E-state index contributed by atoms with van der Waals surface area (Å²) in [6, 6.07) is 32.4. The van der Waals surface area contributed by atoms with Gasteiger partial charge in [-0.3, -0.25) is 10.2 Å². The van der Waals surface area contributed by atoms with E-state index in [1.165, 1.54) is 0 Å². The summed E-state index contributed by atoms with van der Waals surface area (Å²) in [6.07, 6.45) is 4.38. The predicted molar refractivity (Wildman–Crippen MR) is 194 cm³/mol. The number of benzene rings is 4. The molecule has 0 aromatic heterocycles. The molecule has 11 heteroatoms. The van der Waals surface area contributed by atoms with E-state index < -0.39 is 11.6 Å². The normalized spacial score (nSPS) is 16.7. The zero-order valence-corrected chi connectivity index (χ0v) is 28.1. The summed E-state index contributed by atoms with van der Waals surface area (Å²) in [6.45, 7) is 3.46. The minimum atomic E-state index is -1.44. The van der Waals surface area contributed by atoms with E-state index in [0.717, 1.165) is 22.4 Å². The maximum Gasteiger partial charge on any atom is 0.266 e. The Morgan fingerprint density at radius 1 is 1.00 bits per heavy atom. The molecule has 0 unspecified atom stereocenters. The molecule has 1 aliphatic rings. The number of aliphatic hydroxyl groups is 1. The minimum Gasteiger partial charge on any atom is -0.494 e. The van der Waals surface area contributed by atoms with Crippen LogP contribution in [-0.2, 0) is 22.5 Å². The Morgan fingerprint density at radius 2 is 1.74 bits per heavy atom. The van der Waals surface area contributed by atoms with Crippen molar-refractivity contribution in [3.63, 3.8) is 0 Å². The first kappa shape index (κ1) is 35.7. The molecule has 0 saturated heterocycles. The van der Waals surface area contributed by atoms with Gasteiger partial charge in [-0.2, -0.15) is 0 Å². The van der Waals surface area contributed by atoms with Crippen LogP contribution in [0.15, 0.2) is 119 Å². The van der Waals surface area contributed by atoms with Gasteiger partial charge in [0.25, 0.3) is 5.91 Å². The van der Waals surface area contributed by atoms with Gasteiger partial charge in [0.05, 0.1) is 19.8 Å². The first-order valence-electron chi connectivity index (χ1n) is 16.7. The Balaban J connectivity index is 1.49. The second-order valence-corrected chi connectivity index (χ2v) is 11.6. The lowest BCUT2D eigenvalue weighted by atomic mass is 9.82. The standard InChI is InChI=1S/C39H42N6O5/c1-2-48-35-18-9-7-15-30(35)23-25-41-44-38(47)39(24-10-14-29-12-4-3-5-13-29)36(34-17-8-6-16-32(34)28-42-45-40)50-37(43-39)31-19-21-33(22-20-31)49-27-11-26-46/h3-10,12-22,36,41,46H,2,11,23-28H2,1H3,(H,44,47)/b14-10+/t36-,39-/m0/s1. The van der Waals surface area contributed by atoms with Gasteiger partial charge in [0.15, 0.2) is 11.6 Å². The molecule has 0 spiro atoms. The molecular weight excluding hydrogens is 632 g/mol. The third-order valence-corrected chi connectivity index (χ3v) is 8.20. The maximum atomic E-state index is 14.5. The maximum absolute atomic E-state index is 14.5. The largest absolute Gasteiger partial charge is 0.494 e. The van der Waals surface area contributed by atoms with Gasteiger partial charge in [0.2, 0.25) is 5.90 Å². The van der Waals surface area contributed by atoms with Crippen LogP contribution in [0, 0.1) is 0 Å². The number of carbonyl (C=O) groups is 1. The average Bonchev–Trinajstić information content (AvgIpc) is 3.54. The number of amides is 1. The van der Waals surface area contributed by atoms with Crippen LogP contribution in [0.4, 0.5) is 0 Å². The Morgan fingerprint density at radius 3 is 2.50 bits per heavy atom.